The minimum atomic E-state index is 0.427. The minimum absolute atomic E-state index is 0.427. The van der Waals surface area contributed by atoms with Crippen molar-refractivity contribution < 1.29 is 0 Å². The third kappa shape index (κ3) is 3.49. The Morgan fingerprint density at radius 3 is 2.52 bits per heavy atom. The lowest BCUT2D eigenvalue weighted by atomic mass is 9.79. The Hall–Kier alpha value is -0.870. The zero-order valence-corrected chi connectivity index (χ0v) is 13.5. The van der Waals surface area contributed by atoms with Crippen LogP contribution in [0, 0.1) is 6.92 Å². The van der Waals surface area contributed by atoms with E-state index in [1.54, 1.807) is 0 Å². The molecule has 4 heteroatoms. The van der Waals surface area contributed by atoms with Crippen molar-refractivity contribution in [2.24, 2.45) is 0 Å². The Morgan fingerprint density at radius 2 is 1.86 bits per heavy atom. The Bertz CT molecular complexity index is 428. The maximum Gasteiger partial charge on any atom is 0.0535 e. The fourth-order valence-corrected chi connectivity index (χ4v) is 4.17. The first-order valence-electron chi connectivity index (χ1n) is 8.75. The molecule has 0 unspecified atom stereocenters. The average Bonchev–Trinajstić information content (AvgIpc) is 2.95. The Labute approximate surface area is 128 Å². The van der Waals surface area contributed by atoms with Crippen LogP contribution < -0.4 is 5.32 Å². The van der Waals surface area contributed by atoms with Crippen molar-refractivity contribution in [3.8, 4) is 0 Å². The molecule has 0 amide bonds. The van der Waals surface area contributed by atoms with E-state index in [1.165, 1.54) is 75.7 Å². The Morgan fingerprint density at radius 1 is 1.14 bits per heavy atom. The number of rotatable bonds is 5. The molecular formula is C17H30N4. The van der Waals surface area contributed by atoms with Crippen molar-refractivity contribution in [2.45, 2.75) is 70.4 Å². The third-order valence-electron chi connectivity index (χ3n) is 5.51. The number of hydrogen-bond donors (Lipinski definition) is 2. The van der Waals surface area contributed by atoms with Gasteiger partial charge in [0.15, 0.2) is 0 Å². The summed E-state index contributed by atoms with van der Waals surface area (Å²) in [5.41, 5.74) is 2.92. The summed E-state index contributed by atoms with van der Waals surface area (Å²) in [6.07, 6.45) is 13.2. The molecule has 4 nitrogen and oxygen atoms in total. The first kappa shape index (κ1) is 15.0. The number of likely N-dealkylation sites (tertiary alicyclic amines) is 1. The summed E-state index contributed by atoms with van der Waals surface area (Å²) >= 11 is 0. The van der Waals surface area contributed by atoms with Crippen LogP contribution in [0.5, 0.6) is 0 Å². The number of H-pyrrole nitrogens is 1. The molecule has 0 spiro atoms. The monoisotopic (exact) mass is 290 g/mol. The molecule has 1 saturated heterocycles. The molecule has 1 aliphatic carbocycles. The highest BCUT2D eigenvalue weighted by Gasteiger charge is 2.37. The van der Waals surface area contributed by atoms with E-state index in [0.29, 0.717) is 5.54 Å². The van der Waals surface area contributed by atoms with Gasteiger partial charge in [-0.15, -0.1) is 0 Å². The highest BCUT2D eigenvalue weighted by atomic mass is 15.2. The molecule has 0 bridgehead atoms. The van der Waals surface area contributed by atoms with E-state index >= 15 is 0 Å². The lowest BCUT2D eigenvalue weighted by molar-refractivity contribution is 0.0333. The molecule has 0 atom stereocenters. The zero-order valence-electron chi connectivity index (χ0n) is 13.5. The molecule has 118 valence electrons. The van der Waals surface area contributed by atoms with E-state index in [4.69, 9.17) is 0 Å². The van der Waals surface area contributed by atoms with Gasteiger partial charge in [0.2, 0.25) is 0 Å². The van der Waals surface area contributed by atoms with Crippen molar-refractivity contribution in [1.82, 2.24) is 20.4 Å². The Kier molecular flexibility index (Phi) is 4.96. The molecule has 1 aromatic rings. The van der Waals surface area contributed by atoms with E-state index in [-0.39, 0.29) is 0 Å². The van der Waals surface area contributed by atoms with Gasteiger partial charge in [-0.2, -0.15) is 5.10 Å². The molecule has 1 aromatic heterocycles. The largest absolute Gasteiger partial charge is 0.311 e. The summed E-state index contributed by atoms with van der Waals surface area (Å²) in [7, 11) is 0. The molecule has 1 saturated carbocycles. The molecule has 0 aromatic carbocycles. The van der Waals surface area contributed by atoms with Gasteiger partial charge in [-0.3, -0.25) is 10.00 Å². The van der Waals surface area contributed by atoms with Crippen molar-refractivity contribution in [2.75, 3.05) is 19.6 Å². The summed E-state index contributed by atoms with van der Waals surface area (Å²) in [4.78, 5) is 2.81. The van der Waals surface area contributed by atoms with E-state index in [1.807, 2.05) is 6.20 Å². The molecule has 1 aliphatic heterocycles. The molecule has 2 aliphatic rings. The second-order valence-corrected chi connectivity index (χ2v) is 6.96. The van der Waals surface area contributed by atoms with E-state index in [9.17, 15) is 0 Å². The second-order valence-electron chi connectivity index (χ2n) is 6.96. The summed E-state index contributed by atoms with van der Waals surface area (Å²) < 4.78 is 0. The molecule has 2 fully saturated rings. The van der Waals surface area contributed by atoms with Gasteiger partial charge in [0.1, 0.15) is 0 Å². The van der Waals surface area contributed by atoms with Gasteiger partial charge in [-0.1, -0.05) is 25.7 Å². The van der Waals surface area contributed by atoms with Gasteiger partial charge in [-0.05, 0) is 45.7 Å². The quantitative estimate of drug-likeness (QED) is 0.876. The van der Waals surface area contributed by atoms with Gasteiger partial charge in [-0.25, -0.2) is 0 Å². The number of piperidine rings is 1. The maximum absolute atomic E-state index is 4.12. The standard InChI is InChI=1S/C17H30N4/c1-15-16(13-19-20-15)12-18-14-17(8-4-2-5-9-17)21-10-6-3-7-11-21/h13,18H,2-12,14H2,1H3,(H,19,20). The van der Waals surface area contributed by atoms with Crippen LogP contribution in [-0.2, 0) is 6.54 Å². The van der Waals surface area contributed by atoms with Crippen LogP contribution in [0.1, 0.15) is 62.6 Å². The van der Waals surface area contributed by atoms with Crippen molar-refractivity contribution in [1.29, 1.82) is 0 Å². The average molecular weight is 290 g/mol. The van der Waals surface area contributed by atoms with Gasteiger partial charge >= 0.3 is 0 Å². The fraction of sp³-hybridized carbons (Fsp3) is 0.824. The van der Waals surface area contributed by atoms with Crippen LogP contribution >= 0.6 is 0 Å². The summed E-state index contributed by atoms with van der Waals surface area (Å²) in [6, 6.07) is 0. The van der Waals surface area contributed by atoms with E-state index in [2.05, 4.69) is 27.3 Å². The smallest absolute Gasteiger partial charge is 0.0535 e. The zero-order chi connectivity index (χ0) is 14.5. The number of nitrogens with zero attached hydrogens (tertiary/aromatic N) is 2. The number of aromatic amines is 1. The molecule has 2 heterocycles. The number of aromatic nitrogens is 2. The van der Waals surface area contributed by atoms with Crippen LogP contribution in [0.4, 0.5) is 0 Å². The fourth-order valence-electron chi connectivity index (χ4n) is 4.17. The van der Waals surface area contributed by atoms with Crippen molar-refractivity contribution in [3.63, 3.8) is 0 Å². The summed E-state index contributed by atoms with van der Waals surface area (Å²) in [5, 5.41) is 10.9. The summed E-state index contributed by atoms with van der Waals surface area (Å²) in [5.74, 6) is 0. The molecule has 0 radical (unpaired) electrons. The van der Waals surface area contributed by atoms with E-state index < -0.39 is 0 Å². The van der Waals surface area contributed by atoms with Crippen LogP contribution in [0.15, 0.2) is 6.20 Å². The van der Waals surface area contributed by atoms with Gasteiger partial charge in [0.25, 0.3) is 0 Å². The van der Waals surface area contributed by atoms with Crippen LogP contribution in [0.25, 0.3) is 0 Å². The van der Waals surface area contributed by atoms with Crippen molar-refractivity contribution >= 4 is 0 Å². The van der Waals surface area contributed by atoms with E-state index in [0.717, 1.165) is 13.1 Å². The maximum atomic E-state index is 4.12. The first-order chi connectivity index (χ1) is 10.3. The van der Waals surface area contributed by atoms with Crippen LogP contribution in [-0.4, -0.2) is 40.3 Å². The lowest BCUT2D eigenvalue weighted by Gasteiger charge is -2.48. The van der Waals surface area contributed by atoms with Crippen LogP contribution in [0.2, 0.25) is 0 Å². The van der Waals surface area contributed by atoms with Gasteiger partial charge in [0, 0.05) is 29.9 Å². The van der Waals surface area contributed by atoms with Crippen LogP contribution in [0.3, 0.4) is 0 Å². The normalized spacial score (nSPS) is 23.3. The predicted octanol–water partition coefficient (Wildman–Crippen LogP) is 3.00. The Balaban J connectivity index is 1.60. The molecule has 2 N–H and O–H groups in total. The second kappa shape index (κ2) is 6.93. The third-order valence-corrected chi connectivity index (χ3v) is 5.51. The topological polar surface area (TPSA) is 44.0 Å². The number of hydrogen-bond acceptors (Lipinski definition) is 3. The molecular weight excluding hydrogens is 260 g/mol. The van der Waals surface area contributed by atoms with Gasteiger partial charge in [0.05, 0.1) is 6.20 Å². The highest BCUT2D eigenvalue weighted by molar-refractivity contribution is 5.14. The predicted molar refractivity (Wildman–Crippen MR) is 86.3 cm³/mol. The first-order valence-corrected chi connectivity index (χ1v) is 8.75. The minimum Gasteiger partial charge on any atom is -0.311 e. The molecule has 21 heavy (non-hydrogen) atoms. The lowest BCUT2D eigenvalue weighted by Crippen LogP contribution is -2.57. The SMILES string of the molecule is Cc1[nH]ncc1CNCC1(N2CCCCC2)CCCCC1. The molecule has 3 rings (SSSR count). The number of aryl methyl sites for hydroxylation is 1. The van der Waals surface area contributed by atoms with Gasteiger partial charge < -0.3 is 5.32 Å². The van der Waals surface area contributed by atoms with Crippen molar-refractivity contribution in [3.05, 3.63) is 17.5 Å². The summed E-state index contributed by atoms with van der Waals surface area (Å²) in [6.45, 7) is 6.80. The number of nitrogens with one attached hydrogen (secondary N) is 2. The highest BCUT2D eigenvalue weighted by Crippen LogP contribution is 2.35.